The second kappa shape index (κ2) is 7.37. The first kappa shape index (κ1) is 15.7. The molecule has 2 N–H and O–H groups in total. The van der Waals surface area contributed by atoms with Crippen LogP contribution in [0.5, 0.6) is 0 Å². The number of hydrogen-bond acceptors (Lipinski definition) is 4. The van der Waals surface area contributed by atoms with E-state index in [1.165, 1.54) is 5.56 Å². The Kier molecular flexibility index (Phi) is 4.81. The van der Waals surface area contributed by atoms with E-state index in [1.54, 1.807) is 12.1 Å². The Morgan fingerprint density at radius 2 is 1.67 bits per heavy atom. The SMILES string of the molecule is CCc1ccccc1Nc1ccc(C(=O)Nc2ccccc2)nn1. The number of nitrogens with one attached hydrogen (secondary N) is 2. The predicted octanol–water partition coefficient (Wildman–Crippen LogP) is 4.03. The van der Waals surface area contributed by atoms with Crippen LogP contribution in [0, 0.1) is 0 Å². The summed E-state index contributed by atoms with van der Waals surface area (Å²) in [6.45, 7) is 2.10. The number of carbonyl (C=O) groups excluding carboxylic acids is 1. The second-order valence-electron chi connectivity index (χ2n) is 5.26. The number of para-hydroxylation sites is 2. The van der Waals surface area contributed by atoms with Crippen molar-refractivity contribution < 1.29 is 4.79 Å². The Morgan fingerprint density at radius 3 is 2.38 bits per heavy atom. The highest BCUT2D eigenvalue weighted by Crippen LogP contribution is 2.19. The molecule has 3 rings (SSSR count). The van der Waals surface area contributed by atoms with E-state index in [-0.39, 0.29) is 11.6 Å². The fraction of sp³-hybridized carbons (Fsp3) is 0.105. The van der Waals surface area contributed by atoms with Crippen LogP contribution in [-0.4, -0.2) is 16.1 Å². The number of benzene rings is 2. The quantitative estimate of drug-likeness (QED) is 0.745. The zero-order valence-electron chi connectivity index (χ0n) is 13.4. The number of anilines is 3. The first-order valence-electron chi connectivity index (χ1n) is 7.81. The van der Waals surface area contributed by atoms with Gasteiger partial charge in [0.05, 0.1) is 0 Å². The van der Waals surface area contributed by atoms with Crippen LogP contribution in [0.3, 0.4) is 0 Å². The lowest BCUT2D eigenvalue weighted by atomic mass is 10.1. The lowest BCUT2D eigenvalue weighted by Gasteiger charge is -2.10. The van der Waals surface area contributed by atoms with Crippen molar-refractivity contribution in [2.45, 2.75) is 13.3 Å². The van der Waals surface area contributed by atoms with E-state index >= 15 is 0 Å². The van der Waals surface area contributed by atoms with E-state index in [4.69, 9.17) is 0 Å². The van der Waals surface area contributed by atoms with E-state index in [2.05, 4.69) is 33.8 Å². The third-order valence-electron chi connectivity index (χ3n) is 3.59. The number of carbonyl (C=O) groups is 1. The van der Waals surface area contributed by atoms with Gasteiger partial charge in [-0.2, -0.15) is 0 Å². The van der Waals surface area contributed by atoms with Gasteiger partial charge in [0.25, 0.3) is 5.91 Å². The number of hydrogen-bond donors (Lipinski definition) is 2. The molecule has 0 saturated carbocycles. The standard InChI is InChI=1S/C19H18N4O/c1-2-14-8-6-7-11-16(14)21-18-13-12-17(22-23-18)19(24)20-15-9-4-3-5-10-15/h3-13H,2H2,1H3,(H,20,24)(H,21,23). The van der Waals surface area contributed by atoms with E-state index < -0.39 is 0 Å². The van der Waals surface area contributed by atoms with Crippen LogP contribution >= 0.6 is 0 Å². The van der Waals surface area contributed by atoms with Gasteiger partial charge < -0.3 is 10.6 Å². The molecule has 0 aliphatic heterocycles. The first-order valence-corrected chi connectivity index (χ1v) is 7.81. The molecule has 0 saturated heterocycles. The molecule has 5 heteroatoms. The summed E-state index contributed by atoms with van der Waals surface area (Å²) in [7, 11) is 0. The zero-order chi connectivity index (χ0) is 16.8. The minimum absolute atomic E-state index is 0.271. The van der Waals surface area contributed by atoms with Crippen molar-refractivity contribution in [3.63, 3.8) is 0 Å². The Bertz CT molecular complexity index is 816. The van der Waals surface area contributed by atoms with Gasteiger partial charge in [0.1, 0.15) is 0 Å². The average Bonchev–Trinajstić information content (AvgIpc) is 2.63. The fourth-order valence-corrected chi connectivity index (χ4v) is 2.33. The van der Waals surface area contributed by atoms with Crippen LogP contribution in [0.15, 0.2) is 66.7 Å². The Labute approximate surface area is 140 Å². The van der Waals surface area contributed by atoms with Gasteiger partial charge in [0.2, 0.25) is 0 Å². The highest BCUT2D eigenvalue weighted by molar-refractivity contribution is 6.02. The third-order valence-corrected chi connectivity index (χ3v) is 3.59. The van der Waals surface area contributed by atoms with Gasteiger partial charge in [-0.25, -0.2) is 0 Å². The Hall–Kier alpha value is -3.21. The topological polar surface area (TPSA) is 66.9 Å². The molecule has 5 nitrogen and oxygen atoms in total. The molecule has 2 aromatic carbocycles. The molecule has 0 radical (unpaired) electrons. The van der Waals surface area contributed by atoms with Crippen molar-refractivity contribution in [1.82, 2.24) is 10.2 Å². The van der Waals surface area contributed by atoms with Gasteiger partial charge in [0.15, 0.2) is 11.5 Å². The lowest BCUT2D eigenvalue weighted by molar-refractivity contribution is 0.102. The van der Waals surface area contributed by atoms with E-state index in [0.717, 1.165) is 17.8 Å². The molecule has 0 aliphatic carbocycles. The molecule has 1 aromatic heterocycles. The molecule has 0 aliphatic rings. The maximum absolute atomic E-state index is 12.2. The zero-order valence-corrected chi connectivity index (χ0v) is 13.4. The summed E-state index contributed by atoms with van der Waals surface area (Å²) >= 11 is 0. The Morgan fingerprint density at radius 1 is 0.917 bits per heavy atom. The van der Waals surface area contributed by atoms with Crippen molar-refractivity contribution in [1.29, 1.82) is 0 Å². The van der Waals surface area contributed by atoms with Crippen LogP contribution in [0.1, 0.15) is 23.0 Å². The van der Waals surface area contributed by atoms with Crippen molar-refractivity contribution in [3.05, 3.63) is 78.0 Å². The highest BCUT2D eigenvalue weighted by atomic mass is 16.1. The summed E-state index contributed by atoms with van der Waals surface area (Å²) < 4.78 is 0. The summed E-state index contributed by atoms with van der Waals surface area (Å²) in [6.07, 6.45) is 0.925. The molecule has 3 aromatic rings. The molecule has 0 spiro atoms. The molecule has 24 heavy (non-hydrogen) atoms. The van der Waals surface area contributed by atoms with E-state index in [1.807, 2.05) is 48.5 Å². The maximum Gasteiger partial charge on any atom is 0.276 e. The molecular weight excluding hydrogens is 300 g/mol. The number of nitrogens with zero attached hydrogens (tertiary/aromatic N) is 2. The summed E-state index contributed by atoms with van der Waals surface area (Å²) in [5, 5.41) is 14.1. The van der Waals surface area contributed by atoms with Crippen LogP contribution < -0.4 is 10.6 Å². The normalized spacial score (nSPS) is 10.2. The lowest BCUT2D eigenvalue weighted by Crippen LogP contribution is -2.14. The fourth-order valence-electron chi connectivity index (χ4n) is 2.33. The largest absolute Gasteiger partial charge is 0.339 e. The summed E-state index contributed by atoms with van der Waals surface area (Å²) in [6, 6.07) is 20.7. The average molecular weight is 318 g/mol. The molecule has 0 atom stereocenters. The highest BCUT2D eigenvalue weighted by Gasteiger charge is 2.09. The third kappa shape index (κ3) is 3.76. The number of aryl methyl sites for hydroxylation is 1. The van der Waals surface area contributed by atoms with Gasteiger partial charge in [-0.1, -0.05) is 43.3 Å². The molecule has 0 bridgehead atoms. The van der Waals surface area contributed by atoms with Crippen molar-refractivity contribution in [3.8, 4) is 0 Å². The maximum atomic E-state index is 12.2. The van der Waals surface area contributed by atoms with Crippen molar-refractivity contribution >= 4 is 23.1 Å². The van der Waals surface area contributed by atoms with E-state index in [9.17, 15) is 4.79 Å². The summed E-state index contributed by atoms with van der Waals surface area (Å²) in [5.41, 5.74) is 3.19. The second-order valence-corrected chi connectivity index (χ2v) is 5.26. The van der Waals surface area contributed by atoms with E-state index in [0.29, 0.717) is 5.82 Å². The van der Waals surface area contributed by atoms with Gasteiger partial charge in [0, 0.05) is 11.4 Å². The van der Waals surface area contributed by atoms with Gasteiger partial charge >= 0.3 is 0 Å². The summed E-state index contributed by atoms with van der Waals surface area (Å²) in [4.78, 5) is 12.2. The van der Waals surface area contributed by atoms with Gasteiger partial charge in [-0.05, 0) is 42.3 Å². The smallest absolute Gasteiger partial charge is 0.276 e. The first-order chi connectivity index (χ1) is 11.8. The number of rotatable bonds is 5. The molecular formula is C19H18N4O. The minimum Gasteiger partial charge on any atom is -0.339 e. The Balaban J connectivity index is 1.70. The molecule has 0 fully saturated rings. The van der Waals surface area contributed by atoms with Gasteiger partial charge in [-0.15, -0.1) is 10.2 Å². The molecule has 1 heterocycles. The van der Waals surface area contributed by atoms with Crippen LogP contribution in [0.2, 0.25) is 0 Å². The monoisotopic (exact) mass is 318 g/mol. The van der Waals surface area contributed by atoms with Crippen molar-refractivity contribution in [2.24, 2.45) is 0 Å². The van der Waals surface area contributed by atoms with Crippen molar-refractivity contribution in [2.75, 3.05) is 10.6 Å². The van der Waals surface area contributed by atoms with Crippen LogP contribution in [0.4, 0.5) is 17.2 Å². The summed E-state index contributed by atoms with van der Waals surface area (Å²) in [5.74, 6) is 0.321. The van der Waals surface area contributed by atoms with Crippen LogP contribution in [-0.2, 0) is 6.42 Å². The molecule has 120 valence electrons. The minimum atomic E-state index is -0.283. The number of amides is 1. The van der Waals surface area contributed by atoms with Gasteiger partial charge in [-0.3, -0.25) is 4.79 Å². The molecule has 0 unspecified atom stereocenters. The van der Waals surface area contributed by atoms with Crippen LogP contribution in [0.25, 0.3) is 0 Å². The predicted molar refractivity (Wildman–Crippen MR) is 95.5 cm³/mol. The number of aromatic nitrogens is 2. The molecule has 1 amide bonds.